The van der Waals surface area contributed by atoms with Gasteiger partial charge in [0.15, 0.2) is 0 Å². The molecular weight excluding hydrogens is 1040 g/mol. The molecule has 24 heteroatoms. The second-order valence-corrected chi connectivity index (χ2v) is 24.9. The van der Waals surface area contributed by atoms with Crippen LogP contribution in [0, 0.1) is 0 Å². The third-order valence-electron chi connectivity index (χ3n) is 4.88. The van der Waals surface area contributed by atoms with Crippen LogP contribution in [0.15, 0.2) is 0 Å². The number of nitrogens with one attached hydrogen (secondary N) is 1. The van der Waals surface area contributed by atoms with Crippen molar-refractivity contribution < 1.29 is 95.3 Å². The summed E-state index contributed by atoms with van der Waals surface area (Å²) in [6, 6.07) is 0. The van der Waals surface area contributed by atoms with Crippen molar-refractivity contribution in [3.8, 4) is 0 Å². The Morgan fingerprint density at radius 2 is 0.443 bits per heavy atom. The molecule has 0 unspecified atom stereocenters. The molecule has 476 valence electrons. The molecule has 0 bridgehead atoms. The van der Waals surface area contributed by atoms with E-state index >= 15 is 0 Å². The van der Waals surface area contributed by atoms with Gasteiger partial charge in [-0.2, -0.15) is 0 Å². The molecule has 0 fully saturated rings. The third-order valence-corrected chi connectivity index (χ3v) is 4.88. The maximum absolute atomic E-state index is 11.5. The molecule has 3 amide bonds. The second kappa shape index (κ2) is 42.3. The van der Waals surface area contributed by atoms with Crippen molar-refractivity contribution in [2.45, 2.75) is 266 Å². The fraction of sp³-hybridized carbons (Fsp3) is 0.836. The Bertz CT molecular complexity index is 1560. The standard InChI is InChI=1S/C11H21NO4.2C10H18O5.C7H15NO2.2C6H12O2.C2H7N.CH5N.2CH4/c1-10(2,3)15-8(13)12(7)9(14)16-11(4,5)6;2*1-9(2,3)14-7(11)13-8(12)15-10(4,5)6;1-7(2,3)10-6(9)8(4)5;2*1-5(7)8-6(2,3)4;1-3-2;1-2;;/h1-7H3;2*1-6H3;1-5H3;2*1-4H3;3H,1-2H3;2H2,1H3;2*1H4. The molecule has 0 heterocycles. The number of hydrogen-bond donors (Lipinski definition) is 2. The van der Waals surface area contributed by atoms with Crippen molar-refractivity contribution in [1.29, 1.82) is 0 Å². The van der Waals surface area contributed by atoms with Gasteiger partial charge in [0.05, 0.1) is 0 Å². The van der Waals surface area contributed by atoms with Crippen LogP contribution in [0.3, 0.4) is 0 Å². The van der Waals surface area contributed by atoms with Gasteiger partial charge in [-0.1, -0.05) is 14.9 Å². The number of hydrogen-bond acceptors (Lipinski definition) is 22. The van der Waals surface area contributed by atoms with Crippen LogP contribution in [-0.4, -0.2) is 157 Å². The van der Waals surface area contributed by atoms with Gasteiger partial charge < -0.3 is 68.1 Å². The van der Waals surface area contributed by atoms with E-state index < -0.39 is 70.4 Å². The molecule has 0 aliphatic heterocycles. The van der Waals surface area contributed by atoms with E-state index in [0.29, 0.717) is 0 Å². The maximum Gasteiger partial charge on any atom is 0.519 e. The Hall–Kier alpha value is -5.65. The van der Waals surface area contributed by atoms with Gasteiger partial charge in [-0.15, -0.1) is 0 Å². The molecule has 0 aromatic carbocycles. The van der Waals surface area contributed by atoms with E-state index in [2.05, 4.69) is 20.5 Å². The van der Waals surface area contributed by atoms with Gasteiger partial charge in [0.1, 0.15) is 50.4 Å². The summed E-state index contributed by atoms with van der Waals surface area (Å²) in [6.07, 6.45) is -5.97. The Morgan fingerprint density at radius 3 is 0.532 bits per heavy atom. The van der Waals surface area contributed by atoms with Gasteiger partial charge in [-0.3, -0.25) is 9.59 Å². The number of imide groups is 1. The normalized spacial score (nSPS) is 10.8. The summed E-state index contributed by atoms with van der Waals surface area (Å²) >= 11 is 0. The zero-order valence-electron chi connectivity index (χ0n) is 54.1. The minimum Gasteiger partial charge on any atom is -0.460 e. The van der Waals surface area contributed by atoms with Crippen LogP contribution < -0.4 is 11.1 Å². The zero-order chi connectivity index (χ0) is 64.3. The molecule has 79 heavy (non-hydrogen) atoms. The smallest absolute Gasteiger partial charge is 0.460 e. The fourth-order valence-electron chi connectivity index (χ4n) is 3.17. The van der Waals surface area contributed by atoms with E-state index in [1.54, 1.807) is 139 Å². The maximum atomic E-state index is 11.5. The Labute approximate surface area is 478 Å². The summed E-state index contributed by atoms with van der Waals surface area (Å²) in [7, 11) is 9.89. The molecule has 0 aliphatic carbocycles. The lowest BCUT2D eigenvalue weighted by Crippen LogP contribution is -2.41. The molecular formula is C55H116N4O20. The highest BCUT2D eigenvalue weighted by Gasteiger charge is 2.29. The van der Waals surface area contributed by atoms with Crippen molar-refractivity contribution in [2.24, 2.45) is 5.73 Å². The quantitative estimate of drug-likeness (QED) is 0.129. The Morgan fingerprint density at radius 1 is 0.304 bits per heavy atom. The van der Waals surface area contributed by atoms with Crippen LogP contribution >= 0.6 is 0 Å². The van der Waals surface area contributed by atoms with Gasteiger partial charge in [-0.25, -0.2) is 38.5 Å². The number of amides is 3. The van der Waals surface area contributed by atoms with Crippen molar-refractivity contribution in [2.75, 3.05) is 42.3 Å². The van der Waals surface area contributed by atoms with E-state index in [1.165, 1.54) is 32.8 Å². The topological polar surface area (TPSA) is 300 Å². The first kappa shape index (κ1) is 95.7. The van der Waals surface area contributed by atoms with Gasteiger partial charge in [-0.05, 0) is 208 Å². The van der Waals surface area contributed by atoms with Crippen molar-refractivity contribution in [3.05, 3.63) is 0 Å². The minimum atomic E-state index is -1.06. The first-order valence-corrected chi connectivity index (χ1v) is 24.4. The zero-order valence-corrected chi connectivity index (χ0v) is 54.1. The molecule has 0 aliphatic rings. The molecule has 24 nitrogen and oxygen atoms in total. The van der Waals surface area contributed by atoms with Crippen LogP contribution in [0.2, 0.25) is 0 Å². The molecule has 0 saturated carbocycles. The van der Waals surface area contributed by atoms with Crippen LogP contribution in [0.1, 0.15) is 216 Å². The highest BCUT2D eigenvalue weighted by molar-refractivity contribution is 5.87. The Kier molecular flexibility index (Phi) is 51.2. The van der Waals surface area contributed by atoms with Crippen molar-refractivity contribution in [3.63, 3.8) is 0 Å². The lowest BCUT2D eigenvalue weighted by atomic mass is 10.2. The van der Waals surface area contributed by atoms with Crippen molar-refractivity contribution in [1.82, 2.24) is 15.1 Å². The predicted molar refractivity (Wildman–Crippen MR) is 309 cm³/mol. The number of nitrogens with two attached hydrogens (primary N) is 1. The monoisotopic (exact) mass is 1150 g/mol. The average Bonchev–Trinajstić information content (AvgIpc) is 3.06. The van der Waals surface area contributed by atoms with Gasteiger partial charge in [0, 0.05) is 35.0 Å². The molecule has 0 saturated heterocycles. The van der Waals surface area contributed by atoms with E-state index in [4.69, 9.17) is 42.6 Å². The lowest BCUT2D eigenvalue weighted by molar-refractivity contribution is -0.153. The average molecular weight is 1150 g/mol. The largest absolute Gasteiger partial charge is 0.519 e. The first-order chi connectivity index (χ1) is 33.5. The van der Waals surface area contributed by atoms with Crippen LogP contribution in [0.25, 0.3) is 0 Å². The van der Waals surface area contributed by atoms with Gasteiger partial charge in [0.25, 0.3) is 0 Å². The van der Waals surface area contributed by atoms with Gasteiger partial charge in [0.2, 0.25) is 0 Å². The fourth-order valence-corrected chi connectivity index (χ4v) is 3.17. The van der Waals surface area contributed by atoms with Gasteiger partial charge >= 0.3 is 54.8 Å². The molecule has 0 spiro atoms. The van der Waals surface area contributed by atoms with E-state index in [-0.39, 0.29) is 49.7 Å². The van der Waals surface area contributed by atoms with E-state index in [0.717, 1.165) is 4.90 Å². The summed E-state index contributed by atoms with van der Waals surface area (Å²) in [4.78, 5) is 101. The van der Waals surface area contributed by atoms with E-state index in [1.807, 2.05) is 76.4 Å². The Balaban J connectivity index is -0.0000000899. The molecule has 0 atom stereocenters. The number of carbonyl (C=O) groups excluding carboxylic acids is 9. The number of esters is 2. The van der Waals surface area contributed by atoms with Crippen LogP contribution in [0.5, 0.6) is 0 Å². The van der Waals surface area contributed by atoms with Crippen molar-refractivity contribution >= 4 is 54.8 Å². The number of carbonyl (C=O) groups is 9. The molecule has 0 aromatic heterocycles. The highest BCUT2D eigenvalue weighted by Crippen LogP contribution is 2.15. The number of nitrogens with zero attached hydrogens (tertiary/aromatic N) is 2. The van der Waals surface area contributed by atoms with Crippen LogP contribution in [-0.2, 0) is 61.7 Å². The van der Waals surface area contributed by atoms with Crippen LogP contribution in [0.4, 0.5) is 33.6 Å². The minimum absolute atomic E-state index is 0. The lowest BCUT2D eigenvalue weighted by Gasteiger charge is -2.26. The molecule has 0 aromatic rings. The molecule has 0 radical (unpaired) electrons. The highest BCUT2D eigenvalue weighted by atomic mass is 16.8. The summed E-state index contributed by atoms with van der Waals surface area (Å²) in [5, 5.41) is 2.75. The summed E-state index contributed by atoms with van der Waals surface area (Å²) in [6.45, 7) is 49.8. The first-order valence-electron chi connectivity index (χ1n) is 24.4. The molecule has 0 rings (SSSR count). The summed E-state index contributed by atoms with van der Waals surface area (Å²) < 4.78 is 52.2. The van der Waals surface area contributed by atoms with E-state index in [9.17, 15) is 43.2 Å². The number of ether oxygens (including phenoxy) is 11. The summed E-state index contributed by atoms with van der Waals surface area (Å²) in [5.41, 5.74) is -0.587. The SMILES string of the molecule is C.C.CC(=O)OC(C)(C)C.CC(=O)OC(C)(C)C.CC(C)(C)OC(=O)OC(=O)OC(C)(C)C.CC(C)(C)OC(=O)OC(=O)OC(C)(C)C.CN.CN(C(=O)OC(C)(C)C)C(=O)OC(C)(C)C.CN(C)C(=O)OC(C)(C)C.CNC. The summed E-state index contributed by atoms with van der Waals surface area (Å²) in [5.74, 6) is -0.449. The predicted octanol–water partition coefficient (Wildman–Crippen LogP) is 13.4. The third kappa shape index (κ3) is 102. The number of rotatable bonds is 0. The second-order valence-electron chi connectivity index (χ2n) is 24.9. The molecule has 3 N–H and O–H groups in total.